The number of nitriles is 1. The molecule has 0 amide bonds. The summed E-state index contributed by atoms with van der Waals surface area (Å²) in [5.41, 5.74) is 2.74. The molecule has 1 fully saturated rings. The molecule has 0 unspecified atom stereocenters. The number of benzene rings is 1. The van der Waals surface area contributed by atoms with E-state index in [-0.39, 0.29) is 0 Å². The zero-order valence-electron chi connectivity index (χ0n) is 11.8. The van der Waals surface area contributed by atoms with Gasteiger partial charge in [0.15, 0.2) is 0 Å². The van der Waals surface area contributed by atoms with E-state index in [1.807, 2.05) is 18.2 Å². The van der Waals surface area contributed by atoms with Gasteiger partial charge in [0.1, 0.15) is 6.07 Å². The summed E-state index contributed by atoms with van der Waals surface area (Å²) < 4.78 is 0. The number of anilines is 1. The number of pyridine rings is 1. The molecule has 0 spiro atoms. The molecule has 3 heteroatoms. The molecule has 102 valence electrons. The third-order valence-electron chi connectivity index (χ3n) is 4.38. The lowest BCUT2D eigenvalue weighted by Gasteiger charge is -2.34. The minimum atomic E-state index is 0.693. The zero-order chi connectivity index (χ0) is 13.9. The predicted molar refractivity (Wildman–Crippen MR) is 81.7 cm³/mol. The van der Waals surface area contributed by atoms with E-state index in [1.54, 1.807) is 6.20 Å². The number of hydrogen-bond donors (Lipinski definition) is 0. The molecule has 0 atom stereocenters. The molecule has 3 rings (SSSR count). The minimum absolute atomic E-state index is 0.693. The SMILES string of the molecule is CCC1CCN(c2c(C#N)cnc3ccccc23)CC1. The van der Waals surface area contributed by atoms with E-state index in [2.05, 4.69) is 28.9 Å². The maximum Gasteiger partial charge on any atom is 0.103 e. The first-order valence-corrected chi connectivity index (χ1v) is 7.36. The highest BCUT2D eigenvalue weighted by Crippen LogP contribution is 2.32. The second-order valence-electron chi connectivity index (χ2n) is 5.49. The summed E-state index contributed by atoms with van der Waals surface area (Å²) in [5, 5.41) is 10.5. The van der Waals surface area contributed by atoms with Crippen molar-refractivity contribution >= 4 is 16.6 Å². The molecule has 2 aromatic rings. The van der Waals surface area contributed by atoms with Crippen LogP contribution >= 0.6 is 0 Å². The molecule has 20 heavy (non-hydrogen) atoms. The Balaban J connectivity index is 2.04. The van der Waals surface area contributed by atoms with Gasteiger partial charge in [-0.15, -0.1) is 0 Å². The van der Waals surface area contributed by atoms with Crippen molar-refractivity contribution in [3.8, 4) is 6.07 Å². The van der Waals surface area contributed by atoms with E-state index in [4.69, 9.17) is 0 Å². The van der Waals surface area contributed by atoms with Gasteiger partial charge in [-0.25, -0.2) is 0 Å². The second-order valence-corrected chi connectivity index (χ2v) is 5.49. The van der Waals surface area contributed by atoms with Gasteiger partial charge in [0, 0.05) is 24.7 Å². The summed E-state index contributed by atoms with van der Waals surface area (Å²) in [7, 11) is 0. The van der Waals surface area contributed by atoms with Gasteiger partial charge in [0.2, 0.25) is 0 Å². The van der Waals surface area contributed by atoms with Crippen LogP contribution in [0.3, 0.4) is 0 Å². The Morgan fingerprint density at radius 1 is 1.30 bits per heavy atom. The van der Waals surface area contributed by atoms with Crippen LogP contribution in [0.15, 0.2) is 30.5 Å². The average molecular weight is 265 g/mol. The quantitative estimate of drug-likeness (QED) is 0.830. The van der Waals surface area contributed by atoms with E-state index < -0.39 is 0 Å². The monoisotopic (exact) mass is 265 g/mol. The Kier molecular flexibility index (Phi) is 3.56. The standard InChI is InChI=1S/C17H19N3/c1-2-13-7-9-20(10-8-13)17-14(11-18)12-19-16-6-4-3-5-15(16)17/h3-6,12-13H,2,7-10H2,1H3. The molecule has 1 aromatic carbocycles. The van der Waals surface area contributed by atoms with E-state index in [9.17, 15) is 5.26 Å². The molecular weight excluding hydrogens is 246 g/mol. The number of aromatic nitrogens is 1. The van der Waals surface area contributed by atoms with Gasteiger partial charge in [-0.1, -0.05) is 31.5 Å². The summed E-state index contributed by atoms with van der Waals surface area (Å²) in [5.74, 6) is 0.838. The van der Waals surface area contributed by atoms with Crippen LogP contribution in [0.4, 0.5) is 5.69 Å². The fraction of sp³-hybridized carbons (Fsp3) is 0.412. The Morgan fingerprint density at radius 3 is 2.75 bits per heavy atom. The van der Waals surface area contributed by atoms with Gasteiger partial charge >= 0.3 is 0 Å². The predicted octanol–water partition coefficient (Wildman–Crippen LogP) is 3.73. The lowest BCUT2D eigenvalue weighted by molar-refractivity contribution is 0.395. The van der Waals surface area contributed by atoms with Crippen LogP contribution in [0.5, 0.6) is 0 Å². The number of rotatable bonds is 2. The van der Waals surface area contributed by atoms with Crippen molar-refractivity contribution in [2.45, 2.75) is 26.2 Å². The first kappa shape index (κ1) is 12.9. The Morgan fingerprint density at radius 2 is 2.05 bits per heavy atom. The maximum atomic E-state index is 9.39. The molecule has 1 aliphatic rings. The molecule has 2 heterocycles. The lowest BCUT2D eigenvalue weighted by Crippen LogP contribution is -2.34. The van der Waals surface area contributed by atoms with E-state index >= 15 is 0 Å². The number of hydrogen-bond acceptors (Lipinski definition) is 3. The minimum Gasteiger partial charge on any atom is -0.370 e. The molecule has 3 nitrogen and oxygen atoms in total. The topological polar surface area (TPSA) is 39.9 Å². The third-order valence-corrected chi connectivity index (χ3v) is 4.38. The Labute approximate surface area is 119 Å². The molecule has 0 N–H and O–H groups in total. The molecule has 0 radical (unpaired) electrons. The van der Waals surface area contributed by atoms with Gasteiger partial charge in [-0.2, -0.15) is 5.26 Å². The van der Waals surface area contributed by atoms with Crippen LogP contribution in [-0.2, 0) is 0 Å². The number of fused-ring (bicyclic) bond motifs is 1. The highest BCUT2D eigenvalue weighted by Gasteiger charge is 2.21. The largest absolute Gasteiger partial charge is 0.370 e. The van der Waals surface area contributed by atoms with E-state index in [0.29, 0.717) is 5.56 Å². The summed E-state index contributed by atoms with van der Waals surface area (Å²) in [6, 6.07) is 10.4. The first-order valence-electron chi connectivity index (χ1n) is 7.36. The molecule has 0 bridgehead atoms. The average Bonchev–Trinajstić information content (AvgIpc) is 2.54. The van der Waals surface area contributed by atoms with Crippen LogP contribution < -0.4 is 4.90 Å². The fourth-order valence-corrected chi connectivity index (χ4v) is 3.11. The molecule has 0 saturated carbocycles. The molecule has 0 aliphatic carbocycles. The van der Waals surface area contributed by atoms with Crippen LogP contribution in [-0.4, -0.2) is 18.1 Å². The third kappa shape index (κ3) is 2.22. The summed E-state index contributed by atoms with van der Waals surface area (Å²) in [6.07, 6.45) is 5.41. The fourth-order valence-electron chi connectivity index (χ4n) is 3.11. The smallest absolute Gasteiger partial charge is 0.103 e. The summed E-state index contributed by atoms with van der Waals surface area (Å²) in [6.45, 7) is 4.35. The van der Waals surface area contributed by atoms with Gasteiger partial charge in [-0.3, -0.25) is 4.98 Å². The Hall–Kier alpha value is -2.08. The van der Waals surface area contributed by atoms with Crippen molar-refractivity contribution < 1.29 is 0 Å². The van der Waals surface area contributed by atoms with Crippen molar-refractivity contribution in [1.29, 1.82) is 5.26 Å². The molecule has 1 aliphatic heterocycles. The van der Waals surface area contributed by atoms with Crippen molar-refractivity contribution in [2.24, 2.45) is 5.92 Å². The van der Waals surface area contributed by atoms with Crippen LogP contribution in [0.1, 0.15) is 31.7 Å². The molecular formula is C17H19N3. The first-order chi connectivity index (χ1) is 9.83. The van der Waals surface area contributed by atoms with Crippen LogP contribution in [0.2, 0.25) is 0 Å². The maximum absolute atomic E-state index is 9.39. The van der Waals surface area contributed by atoms with Crippen molar-refractivity contribution in [2.75, 3.05) is 18.0 Å². The Bertz CT molecular complexity index is 649. The van der Waals surface area contributed by atoms with Crippen molar-refractivity contribution in [3.05, 3.63) is 36.0 Å². The van der Waals surface area contributed by atoms with Crippen molar-refractivity contribution in [3.63, 3.8) is 0 Å². The number of para-hydroxylation sites is 1. The van der Waals surface area contributed by atoms with Crippen LogP contribution in [0.25, 0.3) is 10.9 Å². The lowest BCUT2D eigenvalue weighted by atomic mass is 9.93. The zero-order valence-corrected chi connectivity index (χ0v) is 11.8. The van der Waals surface area contributed by atoms with Gasteiger partial charge in [-0.05, 0) is 24.8 Å². The molecule has 1 saturated heterocycles. The number of piperidine rings is 1. The normalized spacial score (nSPS) is 16.3. The molecule has 1 aromatic heterocycles. The second kappa shape index (κ2) is 5.50. The van der Waals surface area contributed by atoms with E-state index in [1.165, 1.54) is 19.3 Å². The highest BCUT2D eigenvalue weighted by molar-refractivity contribution is 5.94. The highest BCUT2D eigenvalue weighted by atomic mass is 15.1. The van der Waals surface area contributed by atoms with Gasteiger partial charge < -0.3 is 4.90 Å². The van der Waals surface area contributed by atoms with E-state index in [0.717, 1.165) is 35.6 Å². The van der Waals surface area contributed by atoms with Gasteiger partial charge in [0.05, 0.1) is 16.8 Å². The van der Waals surface area contributed by atoms with Crippen molar-refractivity contribution in [1.82, 2.24) is 4.98 Å². The van der Waals surface area contributed by atoms with Crippen LogP contribution in [0, 0.1) is 17.2 Å². The summed E-state index contributed by atoms with van der Waals surface area (Å²) >= 11 is 0. The number of nitrogens with zero attached hydrogens (tertiary/aromatic N) is 3. The van der Waals surface area contributed by atoms with Gasteiger partial charge in [0.25, 0.3) is 0 Å². The summed E-state index contributed by atoms with van der Waals surface area (Å²) in [4.78, 5) is 6.76.